The van der Waals surface area contributed by atoms with E-state index in [0.717, 1.165) is 11.1 Å². The van der Waals surface area contributed by atoms with Crippen molar-refractivity contribution in [2.75, 3.05) is 0 Å². The fraction of sp³-hybridized carbons (Fsp3) is 0.154. The quantitative estimate of drug-likeness (QED) is 0.580. The third-order valence-electron chi connectivity index (χ3n) is 2.26. The first-order chi connectivity index (χ1) is 7.68. The largest absolute Gasteiger partial charge is 0.294 e. The first kappa shape index (κ1) is 10.5. The molecule has 0 spiro atoms. The smallest absolute Gasteiger partial charge is 0.169 e. The van der Waals surface area contributed by atoms with E-state index in [9.17, 15) is 4.79 Å². The van der Waals surface area contributed by atoms with E-state index in [4.69, 9.17) is 0 Å². The zero-order chi connectivity index (χ0) is 11.5. The highest BCUT2D eigenvalue weighted by Gasteiger charge is 2.10. The Balaban J connectivity index is 2.52. The highest BCUT2D eigenvalue weighted by atomic mass is 16.1. The fourth-order valence-corrected chi connectivity index (χ4v) is 1.59. The van der Waals surface area contributed by atoms with Gasteiger partial charge in [0, 0.05) is 24.4 Å². The van der Waals surface area contributed by atoms with Crippen LogP contribution in [-0.2, 0) is 0 Å². The first-order valence-corrected chi connectivity index (χ1v) is 5.06. The average Bonchev–Trinajstić information content (AvgIpc) is 2.27. The van der Waals surface area contributed by atoms with Gasteiger partial charge in [-0.3, -0.25) is 14.8 Å². The van der Waals surface area contributed by atoms with Crippen LogP contribution in [0.15, 0.2) is 42.7 Å². The number of hydrogen-bond donors (Lipinski definition) is 0. The molecule has 80 valence electrons. The van der Waals surface area contributed by atoms with Crippen LogP contribution < -0.4 is 0 Å². The SMILES string of the molecule is C=C(C)CC(=O)c1cccc2nccnc12. The minimum Gasteiger partial charge on any atom is -0.294 e. The van der Waals surface area contributed by atoms with Crippen LogP contribution in [0.25, 0.3) is 11.0 Å². The number of rotatable bonds is 3. The molecule has 0 aliphatic heterocycles. The molecule has 2 aromatic rings. The Labute approximate surface area is 93.8 Å². The number of fused-ring (bicyclic) bond motifs is 1. The van der Waals surface area contributed by atoms with Crippen molar-refractivity contribution in [2.45, 2.75) is 13.3 Å². The number of carbonyl (C=O) groups is 1. The van der Waals surface area contributed by atoms with Crippen molar-refractivity contribution in [1.29, 1.82) is 0 Å². The van der Waals surface area contributed by atoms with Gasteiger partial charge < -0.3 is 0 Å². The van der Waals surface area contributed by atoms with E-state index >= 15 is 0 Å². The van der Waals surface area contributed by atoms with Gasteiger partial charge in [0.2, 0.25) is 0 Å². The summed E-state index contributed by atoms with van der Waals surface area (Å²) in [4.78, 5) is 20.3. The maximum absolute atomic E-state index is 11.9. The van der Waals surface area contributed by atoms with E-state index in [1.54, 1.807) is 18.5 Å². The normalized spacial score (nSPS) is 10.3. The van der Waals surface area contributed by atoms with Gasteiger partial charge >= 0.3 is 0 Å². The van der Waals surface area contributed by atoms with Crippen LogP contribution in [0.3, 0.4) is 0 Å². The second-order valence-electron chi connectivity index (χ2n) is 3.79. The Morgan fingerprint density at radius 3 is 2.81 bits per heavy atom. The van der Waals surface area contributed by atoms with E-state index in [0.29, 0.717) is 17.5 Å². The topological polar surface area (TPSA) is 42.9 Å². The number of allylic oxidation sites excluding steroid dienone is 1. The van der Waals surface area contributed by atoms with Gasteiger partial charge in [-0.1, -0.05) is 18.2 Å². The predicted molar refractivity (Wildman–Crippen MR) is 63.3 cm³/mol. The maximum Gasteiger partial charge on any atom is 0.169 e. The number of para-hydroxylation sites is 1. The molecule has 0 fully saturated rings. The Kier molecular flexibility index (Phi) is 2.77. The van der Waals surface area contributed by atoms with Crippen molar-refractivity contribution in [1.82, 2.24) is 9.97 Å². The van der Waals surface area contributed by atoms with Crippen LogP contribution in [0, 0.1) is 0 Å². The number of ketones is 1. The Hall–Kier alpha value is -2.03. The van der Waals surface area contributed by atoms with E-state index in [2.05, 4.69) is 16.5 Å². The zero-order valence-corrected chi connectivity index (χ0v) is 9.10. The number of nitrogens with zero attached hydrogens (tertiary/aromatic N) is 2. The number of aromatic nitrogens is 2. The number of benzene rings is 1. The van der Waals surface area contributed by atoms with E-state index in [1.165, 1.54) is 0 Å². The lowest BCUT2D eigenvalue weighted by atomic mass is 10.0. The number of Topliss-reactive ketones (excluding diaryl/α,β-unsaturated/α-hetero) is 1. The van der Waals surface area contributed by atoms with E-state index < -0.39 is 0 Å². The van der Waals surface area contributed by atoms with Gasteiger partial charge in [-0.05, 0) is 19.1 Å². The second kappa shape index (κ2) is 4.23. The molecule has 1 aromatic carbocycles. The minimum absolute atomic E-state index is 0.0404. The van der Waals surface area contributed by atoms with Crippen LogP contribution >= 0.6 is 0 Å². The number of carbonyl (C=O) groups excluding carboxylic acids is 1. The summed E-state index contributed by atoms with van der Waals surface area (Å²) in [5, 5.41) is 0. The fourth-order valence-electron chi connectivity index (χ4n) is 1.59. The summed E-state index contributed by atoms with van der Waals surface area (Å²) in [6.07, 6.45) is 3.57. The molecule has 0 aliphatic rings. The molecule has 0 saturated carbocycles. The molecule has 16 heavy (non-hydrogen) atoms. The summed E-state index contributed by atoms with van der Waals surface area (Å²) >= 11 is 0. The van der Waals surface area contributed by atoms with E-state index in [-0.39, 0.29) is 5.78 Å². The summed E-state index contributed by atoms with van der Waals surface area (Å²) in [5.74, 6) is 0.0404. The molecule has 0 unspecified atom stereocenters. The Morgan fingerprint density at radius 1 is 1.31 bits per heavy atom. The van der Waals surface area contributed by atoms with Gasteiger partial charge in [0.25, 0.3) is 0 Å². The van der Waals surface area contributed by atoms with Crippen LogP contribution in [0.2, 0.25) is 0 Å². The van der Waals surface area contributed by atoms with Crippen LogP contribution in [0.5, 0.6) is 0 Å². The molecular formula is C13H12N2O. The minimum atomic E-state index is 0.0404. The zero-order valence-electron chi connectivity index (χ0n) is 9.10. The molecule has 0 aliphatic carbocycles. The van der Waals surface area contributed by atoms with Gasteiger partial charge in [-0.25, -0.2) is 0 Å². The average molecular weight is 212 g/mol. The highest BCUT2D eigenvalue weighted by Crippen LogP contribution is 2.16. The molecule has 3 nitrogen and oxygen atoms in total. The van der Waals surface area contributed by atoms with Gasteiger partial charge in [-0.2, -0.15) is 0 Å². The van der Waals surface area contributed by atoms with Crippen molar-refractivity contribution < 1.29 is 4.79 Å². The Bertz CT molecular complexity index is 555. The summed E-state index contributed by atoms with van der Waals surface area (Å²) in [6.45, 7) is 5.59. The molecule has 0 N–H and O–H groups in total. The lowest BCUT2D eigenvalue weighted by Crippen LogP contribution is -2.01. The summed E-state index contributed by atoms with van der Waals surface area (Å²) in [7, 11) is 0. The third-order valence-corrected chi connectivity index (χ3v) is 2.26. The summed E-state index contributed by atoms with van der Waals surface area (Å²) in [5.41, 5.74) is 2.88. The van der Waals surface area contributed by atoms with Gasteiger partial charge in [-0.15, -0.1) is 0 Å². The van der Waals surface area contributed by atoms with Crippen LogP contribution in [0.4, 0.5) is 0 Å². The molecule has 2 rings (SSSR count). The lowest BCUT2D eigenvalue weighted by molar-refractivity contribution is 0.0994. The maximum atomic E-state index is 11.9. The molecule has 3 heteroatoms. The van der Waals surface area contributed by atoms with Crippen molar-refractivity contribution in [3.63, 3.8) is 0 Å². The molecule has 1 heterocycles. The van der Waals surface area contributed by atoms with Crippen molar-refractivity contribution in [3.05, 3.63) is 48.3 Å². The first-order valence-electron chi connectivity index (χ1n) is 5.06. The van der Waals surface area contributed by atoms with Crippen molar-refractivity contribution in [2.24, 2.45) is 0 Å². The molecule has 1 aromatic heterocycles. The third kappa shape index (κ3) is 1.98. The van der Waals surface area contributed by atoms with Crippen molar-refractivity contribution in [3.8, 4) is 0 Å². The number of hydrogen-bond acceptors (Lipinski definition) is 3. The molecule has 0 radical (unpaired) electrons. The van der Waals surface area contributed by atoms with E-state index in [1.807, 2.05) is 19.1 Å². The van der Waals surface area contributed by atoms with Gasteiger partial charge in [0.1, 0.15) is 0 Å². The summed E-state index contributed by atoms with van der Waals surface area (Å²) in [6, 6.07) is 5.45. The molecule has 0 saturated heterocycles. The predicted octanol–water partition coefficient (Wildman–Crippen LogP) is 2.78. The van der Waals surface area contributed by atoms with Crippen LogP contribution in [-0.4, -0.2) is 15.8 Å². The standard InChI is InChI=1S/C13H12N2O/c1-9(2)8-12(16)10-4-3-5-11-13(10)15-7-6-14-11/h3-7H,1,8H2,2H3. The van der Waals surface area contributed by atoms with Crippen LogP contribution in [0.1, 0.15) is 23.7 Å². The highest BCUT2D eigenvalue weighted by molar-refractivity contribution is 6.06. The second-order valence-corrected chi connectivity index (χ2v) is 3.79. The molecule has 0 atom stereocenters. The Morgan fingerprint density at radius 2 is 2.06 bits per heavy atom. The summed E-state index contributed by atoms with van der Waals surface area (Å²) < 4.78 is 0. The van der Waals surface area contributed by atoms with Gasteiger partial charge in [0.15, 0.2) is 5.78 Å². The monoisotopic (exact) mass is 212 g/mol. The molecule has 0 bridgehead atoms. The molecule has 0 amide bonds. The van der Waals surface area contributed by atoms with Crippen molar-refractivity contribution >= 4 is 16.8 Å². The van der Waals surface area contributed by atoms with Gasteiger partial charge in [0.05, 0.1) is 11.0 Å². The lowest BCUT2D eigenvalue weighted by Gasteiger charge is -2.03. The molecular weight excluding hydrogens is 200 g/mol.